The van der Waals surface area contributed by atoms with Crippen molar-refractivity contribution in [1.82, 2.24) is 10.2 Å². The molecule has 2 atom stereocenters. The van der Waals surface area contributed by atoms with Gasteiger partial charge in [0.15, 0.2) is 11.6 Å². The second-order valence-electron chi connectivity index (χ2n) is 6.45. The van der Waals surface area contributed by atoms with E-state index < -0.39 is 17.5 Å². The van der Waals surface area contributed by atoms with Gasteiger partial charge in [-0.25, -0.2) is 8.78 Å². The maximum Gasteiger partial charge on any atom is 0.251 e. The second-order valence-corrected chi connectivity index (χ2v) is 6.45. The average Bonchev–Trinajstić information content (AvgIpc) is 3.01. The molecule has 0 bridgehead atoms. The van der Waals surface area contributed by atoms with Crippen LogP contribution in [0.25, 0.3) is 0 Å². The van der Waals surface area contributed by atoms with Gasteiger partial charge in [0.1, 0.15) is 0 Å². The first-order valence-electron chi connectivity index (χ1n) is 8.27. The number of nitrogens with zero attached hydrogens (tertiary/aromatic N) is 1. The number of ether oxygens (including phenoxy) is 1. The minimum atomic E-state index is -1.04. The zero-order valence-electron chi connectivity index (χ0n) is 13.4. The van der Waals surface area contributed by atoms with Crippen molar-refractivity contribution in [1.29, 1.82) is 0 Å². The molecule has 1 aromatic carbocycles. The summed E-state index contributed by atoms with van der Waals surface area (Å²) in [6.45, 7) is 2.80. The Bertz CT molecular complexity index is 593. The third kappa shape index (κ3) is 3.74. The zero-order chi connectivity index (χ0) is 17.1. The number of amides is 1. The number of aliphatic hydroxyl groups is 1. The molecule has 0 aliphatic carbocycles. The van der Waals surface area contributed by atoms with Gasteiger partial charge in [-0.1, -0.05) is 0 Å². The lowest BCUT2D eigenvalue weighted by Gasteiger charge is -2.31. The molecule has 2 aliphatic heterocycles. The number of likely N-dealkylation sites (tertiary alicyclic amines) is 1. The summed E-state index contributed by atoms with van der Waals surface area (Å²) in [6.07, 6.45) is 1.89. The number of halogens is 2. The predicted octanol–water partition coefficient (Wildman–Crippen LogP) is 1.17. The number of nitrogens with one attached hydrogen (secondary N) is 1. The Kier molecular flexibility index (Phi) is 5.43. The zero-order valence-corrected chi connectivity index (χ0v) is 13.4. The maximum atomic E-state index is 13.3. The number of aliphatic hydroxyl groups excluding tert-OH is 1. The van der Waals surface area contributed by atoms with Crippen LogP contribution in [0.5, 0.6) is 0 Å². The van der Waals surface area contributed by atoms with Gasteiger partial charge < -0.3 is 15.2 Å². The summed E-state index contributed by atoms with van der Waals surface area (Å²) < 4.78 is 31.6. The Balaban J connectivity index is 1.64. The molecule has 2 heterocycles. The molecular formula is C17H22F2N2O3. The van der Waals surface area contributed by atoms with Crippen molar-refractivity contribution in [3.05, 3.63) is 35.4 Å². The molecule has 1 amide bonds. The van der Waals surface area contributed by atoms with Crippen molar-refractivity contribution in [2.75, 3.05) is 32.9 Å². The van der Waals surface area contributed by atoms with Gasteiger partial charge >= 0.3 is 0 Å². The number of hydrogen-bond donors (Lipinski definition) is 2. The maximum absolute atomic E-state index is 13.3. The van der Waals surface area contributed by atoms with E-state index in [-0.39, 0.29) is 24.1 Å². The lowest BCUT2D eigenvalue weighted by Crippen LogP contribution is -2.43. The molecule has 0 unspecified atom stereocenters. The topological polar surface area (TPSA) is 61.8 Å². The first-order chi connectivity index (χ1) is 11.6. The summed E-state index contributed by atoms with van der Waals surface area (Å²) >= 11 is 0. The first-order valence-corrected chi connectivity index (χ1v) is 8.27. The number of hydrogen-bond acceptors (Lipinski definition) is 4. The first kappa shape index (κ1) is 17.3. The van der Waals surface area contributed by atoms with Crippen molar-refractivity contribution < 1.29 is 23.4 Å². The molecule has 3 rings (SSSR count). The fraction of sp³-hybridized carbons (Fsp3) is 0.588. The van der Waals surface area contributed by atoms with Crippen molar-refractivity contribution >= 4 is 5.91 Å². The van der Waals surface area contributed by atoms with Gasteiger partial charge in [0.05, 0.1) is 0 Å². The van der Waals surface area contributed by atoms with E-state index in [1.807, 2.05) is 0 Å². The molecule has 2 saturated heterocycles. The van der Waals surface area contributed by atoms with E-state index in [4.69, 9.17) is 4.74 Å². The summed E-state index contributed by atoms with van der Waals surface area (Å²) in [5.41, 5.74) is 0.0788. The van der Waals surface area contributed by atoms with Gasteiger partial charge in [-0.3, -0.25) is 9.69 Å². The molecule has 132 valence electrons. The van der Waals surface area contributed by atoms with Crippen LogP contribution in [-0.2, 0) is 4.74 Å². The van der Waals surface area contributed by atoms with Crippen LogP contribution in [0.15, 0.2) is 18.2 Å². The van der Waals surface area contributed by atoms with Crippen LogP contribution in [0, 0.1) is 17.6 Å². The van der Waals surface area contributed by atoms with Crippen LogP contribution in [0.3, 0.4) is 0 Å². The highest BCUT2D eigenvalue weighted by Crippen LogP contribution is 2.24. The van der Waals surface area contributed by atoms with Crippen molar-refractivity contribution in [2.45, 2.75) is 24.9 Å². The Morgan fingerprint density at radius 3 is 2.67 bits per heavy atom. The minimum Gasteiger partial charge on any atom is -0.396 e. The molecule has 7 heteroatoms. The van der Waals surface area contributed by atoms with Gasteiger partial charge in [0.25, 0.3) is 5.91 Å². The molecule has 24 heavy (non-hydrogen) atoms. The van der Waals surface area contributed by atoms with Crippen LogP contribution in [0.1, 0.15) is 23.2 Å². The van der Waals surface area contributed by atoms with Crippen LogP contribution >= 0.6 is 0 Å². The molecule has 5 nitrogen and oxygen atoms in total. The second kappa shape index (κ2) is 7.55. The molecule has 2 fully saturated rings. The highest BCUT2D eigenvalue weighted by molar-refractivity contribution is 5.94. The van der Waals surface area contributed by atoms with Gasteiger partial charge in [0.2, 0.25) is 0 Å². The summed E-state index contributed by atoms with van der Waals surface area (Å²) in [4.78, 5) is 14.6. The SMILES string of the molecule is O=C(N[C@@H]1CN(C2CCOCC2)C[C@H]1CO)c1ccc(F)c(F)c1. The molecule has 0 saturated carbocycles. The standard InChI is InChI=1S/C17H22F2N2O3/c18-14-2-1-11(7-15(14)19)17(23)20-16-9-21(8-12(16)10-22)13-3-5-24-6-4-13/h1-2,7,12-13,16,22H,3-6,8-10H2,(H,20,23)/t12-,16+/m0/s1. The van der Waals surface area contributed by atoms with E-state index in [1.165, 1.54) is 6.07 Å². The van der Waals surface area contributed by atoms with Crippen LogP contribution in [0.2, 0.25) is 0 Å². The fourth-order valence-electron chi connectivity index (χ4n) is 3.49. The highest BCUT2D eigenvalue weighted by Gasteiger charge is 2.37. The normalized spacial score (nSPS) is 25.8. The monoisotopic (exact) mass is 340 g/mol. The lowest BCUT2D eigenvalue weighted by atomic mass is 10.0. The smallest absolute Gasteiger partial charge is 0.251 e. The van der Waals surface area contributed by atoms with E-state index in [0.717, 1.165) is 38.2 Å². The average molecular weight is 340 g/mol. The van der Waals surface area contributed by atoms with Crippen LogP contribution in [-0.4, -0.2) is 60.9 Å². The third-order valence-corrected chi connectivity index (χ3v) is 4.91. The third-order valence-electron chi connectivity index (χ3n) is 4.91. The largest absolute Gasteiger partial charge is 0.396 e. The molecule has 0 spiro atoms. The van der Waals surface area contributed by atoms with Gasteiger partial charge in [-0.15, -0.1) is 0 Å². The van der Waals surface area contributed by atoms with Crippen LogP contribution < -0.4 is 5.32 Å². The predicted molar refractivity (Wildman–Crippen MR) is 83.6 cm³/mol. The van der Waals surface area contributed by atoms with E-state index in [9.17, 15) is 18.7 Å². The Hall–Kier alpha value is -1.57. The number of carbonyl (C=O) groups is 1. The fourth-order valence-corrected chi connectivity index (χ4v) is 3.49. The quantitative estimate of drug-likeness (QED) is 0.864. The van der Waals surface area contributed by atoms with Gasteiger partial charge in [-0.05, 0) is 31.0 Å². The lowest BCUT2D eigenvalue weighted by molar-refractivity contribution is 0.0398. The van der Waals surface area contributed by atoms with Crippen molar-refractivity contribution in [3.8, 4) is 0 Å². The number of carbonyl (C=O) groups excluding carboxylic acids is 1. The number of benzene rings is 1. The van der Waals surface area contributed by atoms with E-state index in [1.54, 1.807) is 0 Å². The molecule has 2 aliphatic rings. The van der Waals surface area contributed by atoms with E-state index >= 15 is 0 Å². The summed E-state index contributed by atoms with van der Waals surface area (Å²) in [5, 5.41) is 12.5. The molecule has 0 radical (unpaired) electrons. The Morgan fingerprint density at radius 2 is 2.00 bits per heavy atom. The molecule has 1 aromatic rings. The van der Waals surface area contributed by atoms with Crippen molar-refractivity contribution in [3.63, 3.8) is 0 Å². The number of rotatable bonds is 4. The molecule has 0 aromatic heterocycles. The molecular weight excluding hydrogens is 318 g/mol. The van der Waals surface area contributed by atoms with Crippen LogP contribution in [0.4, 0.5) is 8.78 Å². The van der Waals surface area contributed by atoms with E-state index in [2.05, 4.69) is 10.2 Å². The summed E-state index contributed by atoms with van der Waals surface area (Å²) in [6, 6.07) is 3.28. The highest BCUT2D eigenvalue weighted by atomic mass is 19.2. The van der Waals surface area contributed by atoms with Gasteiger partial charge in [0, 0.05) is 56.5 Å². The van der Waals surface area contributed by atoms with Crippen molar-refractivity contribution in [2.24, 2.45) is 5.92 Å². The molecule has 2 N–H and O–H groups in total. The Labute approximate surface area is 139 Å². The minimum absolute atomic E-state index is 0.0254. The Morgan fingerprint density at radius 1 is 1.25 bits per heavy atom. The summed E-state index contributed by atoms with van der Waals surface area (Å²) in [5.74, 6) is -2.55. The van der Waals surface area contributed by atoms with Gasteiger partial charge in [-0.2, -0.15) is 0 Å². The van der Waals surface area contributed by atoms with E-state index in [0.29, 0.717) is 19.1 Å². The summed E-state index contributed by atoms with van der Waals surface area (Å²) in [7, 11) is 0.